The standard InChI is InChI=1S/C14H16N2O4/c1-3-20-13(17)12-8-10-6-4-5-7-11(10)16(12)9-15-14(18)19-2/h4-8H,3,9H2,1-2H3,(H,15,18). The number of para-hydroxylation sites is 1. The van der Waals surface area contributed by atoms with Crippen molar-refractivity contribution in [3.8, 4) is 0 Å². The lowest BCUT2D eigenvalue weighted by Crippen LogP contribution is -2.27. The summed E-state index contributed by atoms with van der Waals surface area (Å²) in [6.45, 7) is 2.18. The van der Waals surface area contributed by atoms with Crippen LogP contribution in [0.15, 0.2) is 30.3 Å². The van der Waals surface area contributed by atoms with Crippen LogP contribution in [-0.4, -0.2) is 30.3 Å². The van der Waals surface area contributed by atoms with Crippen LogP contribution in [0.1, 0.15) is 17.4 Å². The van der Waals surface area contributed by atoms with E-state index in [1.807, 2.05) is 24.3 Å². The maximum Gasteiger partial charge on any atom is 0.408 e. The molecule has 0 radical (unpaired) electrons. The Labute approximate surface area is 116 Å². The fraction of sp³-hybridized carbons (Fsp3) is 0.286. The predicted molar refractivity (Wildman–Crippen MR) is 73.4 cm³/mol. The van der Waals surface area contributed by atoms with Crippen LogP contribution in [0.25, 0.3) is 10.9 Å². The number of nitrogens with one attached hydrogen (secondary N) is 1. The van der Waals surface area contributed by atoms with Gasteiger partial charge in [-0.2, -0.15) is 0 Å². The predicted octanol–water partition coefficient (Wildman–Crippen LogP) is 2.13. The zero-order valence-electron chi connectivity index (χ0n) is 11.4. The van der Waals surface area contributed by atoms with Crippen LogP contribution in [0.2, 0.25) is 0 Å². The van der Waals surface area contributed by atoms with Crippen molar-refractivity contribution in [2.75, 3.05) is 13.7 Å². The first-order valence-corrected chi connectivity index (χ1v) is 6.24. The molecule has 106 valence electrons. The first kappa shape index (κ1) is 13.9. The Morgan fingerprint density at radius 3 is 2.75 bits per heavy atom. The molecule has 1 amide bonds. The van der Waals surface area contributed by atoms with Gasteiger partial charge < -0.3 is 19.4 Å². The molecule has 0 unspecified atom stereocenters. The van der Waals surface area contributed by atoms with E-state index in [4.69, 9.17) is 4.74 Å². The molecule has 6 nitrogen and oxygen atoms in total. The quantitative estimate of drug-likeness (QED) is 0.868. The Morgan fingerprint density at radius 1 is 1.30 bits per heavy atom. The number of carbonyl (C=O) groups is 2. The number of aromatic nitrogens is 1. The lowest BCUT2D eigenvalue weighted by atomic mass is 10.2. The number of hydrogen-bond acceptors (Lipinski definition) is 4. The highest BCUT2D eigenvalue weighted by atomic mass is 16.5. The molecule has 1 aromatic heterocycles. The molecule has 0 saturated carbocycles. The minimum absolute atomic E-state index is 0.133. The summed E-state index contributed by atoms with van der Waals surface area (Å²) in [5.74, 6) is -0.421. The maximum atomic E-state index is 12.0. The number of fused-ring (bicyclic) bond motifs is 1. The molecule has 2 aromatic rings. The topological polar surface area (TPSA) is 69.6 Å². The van der Waals surface area contributed by atoms with Crippen molar-refractivity contribution in [3.63, 3.8) is 0 Å². The van der Waals surface area contributed by atoms with Gasteiger partial charge in [-0.3, -0.25) is 0 Å². The summed E-state index contributed by atoms with van der Waals surface area (Å²) in [7, 11) is 1.29. The summed E-state index contributed by atoms with van der Waals surface area (Å²) in [5.41, 5.74) is 1.23. The van der Waals surface area contributed by atoms with Gasteiger partial charge in [-0.1, -0.05) is 18.2 Å². The second-order valence-electron chi connectivity index (χ2n) is 4.06. The molecule has 2 rings (SSSR count). The second-order valence-corrected chi connectivity index (χ2v) is 4.06. The van der Waals surface area contributed by atoms with Gasteiger partial charge in [0.1, 0.15) is 5.69 Å². The molecule has 0 fully saturated rings. The number of esters is 1. The van der Waals surface area contributed by atoms with Gasteiger partial charge >= 0.3 is 12.1 Å². The fourth-order valence-corrected chi connectivity index (χ4v) is 1.97. The van der Waals surface area contributed by atoms with Crippen LogP contribution in [0, 0.1) is 0 Å². The molecule has 0 bridgehead atoms. The number of hydrogen-bond donors (Lipinski definition) is 1. The third-order valence-corrected chi connectivity index (χ3v) is 2.86. The van der Waals surface area contributed by atoms with Crippen molar-refractivity contribution in [2.45, 2.75) is 13.6 Å². The molecule has 1 heterocycles. The second kappa shape index (κ2) is 6.10. The van der Waals surface area contributed by atoms with E-state index in [1.54, 1.807) is 17.6 Å². The number of nitrogens with zero attached hydrogens (tertiary/aromatic N) is 1. The van der Waals surface area contributed by atoms with E-state index >= 15 is 0 Å². The normalized spacial score (nSPS) is 10.3. The van der Waals surface area contributed by atoms with Crippen molar-refractivity contribution in [1.82, 2.24) is 9.88 Å². The van der Waals surface area contributed by atoms with Gasteiger partial charge in [-0.25, -0.2) is 9.59 Å². The van der Waals surface area contributed by atoms with E-state index in [0.717, 1.165) is 10.9 Å². The number of carbonyl (C=O) groups excluding carboxylic acids is 2. The highest BCUT2D eigenvalue weighted by Gasteiger charge is 2.16. The van der Waals surface area contributed by atoms with E-state index in [9.17, 15) is 9.59 Å². The highest BCUT2D eigenvalue weighted by molar-refractivity contribution is 5.95. The number of methoxy groups -OCH3 is 1. The molecule has 0 aliphatic heterocycles. The van der Waals surface area contributed by atoms with Crippen LogP contribution in [0.4, 0.5) is 4.79 Å². The Bertz CT molecular complexity index is 633. The van der Waals surface area contributed by atoms with Gasteiger partial charge in [0.2, 0.25) is 0 Å². The summed E-state index contributed by atoms with van der Waals surface area (Å²) < 4.78 is 11.2. The molecule has 1 N–H and O–H groups in total. The number of benzene rings is 1. The Kier molecular flexibility index (Phi) is 4.24. The maximum absolute atomic E-state index is 12.0. The van der Waals surface area contributed by atoms with Gasteiger partial charge in [-0.15, -0.1) is 0 Å². The van der Waals surface area contributed by atoms with E-state index < -0.39 is 12.1 Å². The lowest BCUT2D eigenvalue weighted by Gasteiger charge is -2.10. The van der Waals surface area contributed by atoms with Crippen LogP contribution < -0.4 is 5.32 Å². The van der Waals surface area contributed by atoms with Gasteiger partial charge in [0, 0.05) is 5.39 Å². The molecule has 0 aliphatic rings. The van der Waals surface area contributed by atoms with Crippen LogP contribution in [0.5, 0.6) is 0 Å². The van der Waals surface area contributed by atoms with Crippen LogP contribution >= 0.6 is 0 Å². The molecular formula is C14H16N2O4. The largest absolute Gasteiger partial charge is 0.461 e. The molecule has 1 aromatic carbocycles. The van der Waals surface area contributed by atoms with E-state index in [1.165, 1.54) is 7.11 Å². The molecule has 6 heteroatoms. The Hall–Kier alpha value is -2.50. The van der Waals surface area contributed by atoms with Gasteiger partial charge in [0.05, 0.1) is 25.9 Å². The number of amides is 1. The minimum atomic E-state index is -0.558. The average Bonchev–Trinajstić information content (AvgIpc) is 2.83. The zero-order valence-corrected chi connectivity index (χ0v) is 11.4. The highest BCUT2D eigenvalue weighted by Crippen LogP contribution is 2.20. The lowest BCUT2D eigenvalue weighted by molar-refractivity contribution is 0.0513. The number of alkyl carbamates (subject to hydrolysis) is 1. The molecular weight excluding hydrogens is 260 g/mol. The molecule has 0 spiro atoms. The van der Waals surface area contributed by atoms with Gasteiger partial charge in [-0.05, 0) is 19.1 Å². The molecule has 20 heavy (non-hydrogen) atoms. The van der Waals surface area contributed by atoms with Crippen molar-refractivity contribution in [2.24, 2.45) is 0 Å². The average molecular weight is 276 g/mol. The Morgan fingerprint density at radius 2 is 2.05 bits per heavy atom. The fourth-order valence-electron chi connectivity index (χ4n) is 1.97. The smallest absolute Gasteiger partial charge is 0.408 e. The first-order chi connectivity index (χ1) is 9.67. The third-order valence-electron chi connectivity index (χ3n) is 2.86. The molecule has 0 atom stereocenters. The zero-order chi connectivity index (χ0) is 14.5. The summed E-state index contributed by atoms with van der Waals surface area (Å²) >= 11 is 0. The van der Waals surface area contributed by atoms with Crippen molar-refractivity contribution >= 4 is 23.0 Å². The van der Waals surface area contributed by atoms with Crippen molar-refractivity contribution in [1.29, 1.82) is 0 Å². The molecule has 0 aliphatic carbocycles. The number of ether oxygens (including phenoxy) is 2. The first-order valence-electron chi connectivity index (χ1n) is 6.24. The summed E-state index contributed by atoms with van der Waals surface area (Å²) in [6, 6.07) is 9.26. The van der Waals surface area contributed by atoms with Gasteiger partial charge in [0.15, 0.2) is 0 Å². The van der Waals surface area contributed by atoms with E-state index in [0.29, 0.717) is 12.3 Å². The number of rotatable bonds is 4. The third kappa shape index (κ3) is 2.74. The summed E-state index contributed by atoms with van der Waals surface area (Å²) in [4.78, 5) is 23.1. The SMILES string of the molecule is CCOC(=O)c1cc2ccccc2n1CNC(=O)OC. The van der Waals surface area contributed by atoms with Crippen molar-refractivity contribution in [3.05, 3.63) is 36.0 Å². The van der Waals surface area contributed by atoms with E-state index in [2.05, 4.69) is 10.1 Å². The monoisotopic (exact) mass is 276 g/mol. The summed E-state index contributed by atoms with van der Waals surface area (Å²) in [5, 5.41) is 3.46. The molecule has 0 saturated heterocycles. The van der Waals surface area contributed by atoms with Crippen molar-refractivity contribution < 1.29 is 19.1 Å². The Balaban J connectivity index is 2.39. The summed E-state index contributed by atoms with van der Waals surface area (Å²) in [6.07, 6.45) is -0.558. The van der Waals surface area contributed by atoms with E-state index in [-0.39, 0.29) is 6.67 Å². The van der Waals surface area contributed by atoms with Crippen LogP contribution in [0.3, 0.4) is 0 Å². The van der Waals surface area contributed by atoms with Gasteiger partial charge in [0.25, 0.3) is 0 Å². The minimum Gasteiger partial charge on any atom is -0.461 e. The van der Waals surface area contributed by atoms with Crippen LogP contribution in [-0.2, 0) is 16.1 Å².